The summed E-state index contributed by atoms with van der Waals surface area (Å²) < 4.78 is 0. The van der Waals surface area contributed by atoms with E-state index >= 15 is 0 Å². The molecule has 1 aromatic rings. The molecule has 1 atom stereocenters. The number of nitrogens with one attached hydrogen (secondary N) is 1. The van der Waals surface area contributed by atoms with Gasteiger partial charge in [0.05, 0.1) is 0 Å². The summed E-state index contributed by atoms with van der Waals surface area (Å²) in [4.78, 5) is 0. The number of aryl methyl sites for hydroxylation is 1. The van der Waals surface area contributed by atoms with Gasteiger partial charge in [-0.2, -0.15) is 11.3 Å². The number of hydrogen-bond donors (Lipinski definition) is 1. The van der Waals surface area contributed by atoms with Gasteiger partial charge in [0.25, 0.3) is 0 Å². The molecule has 0 radical (unpaired) electrons. The van der Waals surface area contributed by atoms with Crippen molar-refractivity contribution in [2.75, 3.05) is 7.05 Å². The monoisotopic (exact) mass is 223 g/mol. The molecule has 0 aromatic carbocycles. The van der Waals surface area contributed by atoms with Crippen molar-refractivity contribution in [2.24, 2.45) is 5.92 Å². The SMILES string of the molecule is CNC(CCc1ccsc1)CC1CCC1. The van der Waals surface area contributed by atoms with Crippen molar-refractivity contribution < 1.29 is 0 Å². The van der Waals surface area contributed by atoms with Crippen molar-refractivity contribution in [1.82, 2.24) is 5.32 Å². The highest BCUT2D eigenvalue weighted by molar-refractivity contribution is 7.07. The van der Waals surface area contributed by atoms with Crippen LogP contribution in [0.2, 0.25) is 0 Å². The molecule has 0 amide bonds. The molecule has 1 unspecified atom stereocenters. The van der Waals surface area contributed by atoms with Crippen LogP contribution >= 0.6 is 11.3 Å². The minimum absolute atomic E-state index is 0.732. The second-order valence-electron chi connectivity index (χ2n) is 4.69. The molecular weight excluding hydrogens is 202 g/mol. The van der Waals surface area contributed by atoms with E-state index in [1.807, 2.05) is 11.3 Å². The lowest BCUT2D eigenvalue weighted by atomic mass is 9.80. The summed E-state index contributed by atoms with van der Waals surface area (Å²) in [6.07, 6.45) is 8.32. The first-order chi connectivity index (χ1) is 7.38. The van der Waals surface area contributed by atoms with Crippen LogP contribution in [0.1, 0.15) is 37.7 Å². The Morgan fingerprint density at radius 2 is 2.40 bits per heavy atom. The molecule has 1 N–H and O–H groups in total. The van der Waals surface area contributed by atoms with Gasteiger partial charge in [-0.3, -0.25) is 0 Å². The quantitative estimate of drug-likeness (QED) is 0.779. The number of hydrogen-bond acceptors (Lipinski definition) is 2. The molecule has 0 spiro atoms. The zero-order chi connectivity index (χ0) is 10.5. The molecule has 84 valence electrons. The third-order valence-corrected chi connectivity index (χ3v) is 4.34. The number of thiophene rings is 1. The molecule has 1 aromatic heterocycles. The van der Waals surface area contributed by atoms with E-state index in [1.54, 1.807) is 0 Å². The lowest BCUT2D eigenvalue weighted by Crippen LogP contribution is -2.30. The van der Waals surface area contributed by atoms with Crippen LogP contribution in [0.25, 0.3) is 0 Å². The molecule has 1 saturated carbocycles. The highest BCUT2D eigenvalue weighted by Crippen LogP contribution is 2.31. The highest BCUT2D eigenvalue weighted by atomic mass is 32.1. The first kappa shape index (κ1) is 11.2. The molecule has 1 nitrogen and oxygen atoms in total. The maximum Gasteiger partial charge on any atom is 0.00698 e. The molecule has 0 saturated heterocycles. The predicted octanol–water partition coefficient (Wildman–Crippen LogP) is 3.46. The van der Waals surface area contributed by atoms with Gasteiger partial charge in [-0.15, -0.1) is 0 Å². The molecule has 2 heteroatoms. The van der Waals surface area contributed by atoms with Gasteiger partial charge < -0.3 is 5.32 Å². The zero-order valence-corrected chi connectivity index (χ0v) is 10.4. The Bertz CT molecular complexity index is 264. The minimum Gasteiger partial charge on any atom is -0.317 e. The van der Waals surface area contributed by atoms with Gasteiger partial charge in [-0.05, 0) is 54.6 Å². The summed E-state index contributed by atoms with van der Waals surface area (Å²) in [6.45, 7) is 0. The Morgan fingerprint density at radius 3 is 2.93 bits per heavy atom. The summed E-state index contributed by atoms with van der Waals surface area (Å²) >= 11 is 1.81. The van der Waals surface area contributed by atoms with Crippen LogP contribution in [0, 0.1) is 5.92 Å². The molecule has 0 bridgehead atoms. The van der Waals surface area contributed by atoms with E-state index in [2.05, 4.69) is 29.2 Å². The summed E-state index contributed by atoms with van der Waals surface area (Å²) in [7, 11) is 2.11. The lowest BCUT2D eigenvalue weighted by molar-refractivity contribution is 0.259. The minimum atomic E-state index is 0.732. The predicted molar refractivity (Wildman–Crippen MR) is 67.4 cm³/mol. The molecular formula is C13H21NS. The lowest BCUT2D eigenvalue weighted by Gasteiger charge is -2.29. The largest absolute Gasteiger partial charge is 0.317 e. The first-order valence-electron chi connectivity index (χ1n) is 6.07. The van der Waals surface area contributed by atoms with Gasteiger partial charge in [0.1, 0.15) is 0 Å². The average molecular weight is 223 g/mol. The Labute approximate surface area is 96.9 Å². The molecule has 1 aliphatic rings. The topological polar surface area (TPSA) is 12.0 Å². The van der Waals surface area contributed by atoms with Gasteiger partial charge in [0.2, 0.25) is 0 Å². The van der Waals surface area contributed by atoms with Crippen LogP contribution in [0.5, 0.6) is 0 Å². The summed E-state index contributed by atoms with van der Waals surface area (Å²) in [5, 5.41) is 7.92. The first-order valence-corrected chi connectivity index (χ1v) is 7.01. The molecule has 1 heterocycles. The second kappa shape index (κ2) is 5.66. The summed E-state index contributed by atoms with van der Waals surface area (Å²) in [6, 6.07) is 2.98. The Morgan fingerprint density at radius 1 is 1.53 bits per heavy atom. The summed E-state index contributed by atoms with van der Waals surface area (Å²) in [5.74, 6) is 1.02. The van der Waals surface area contributed by atoms with Gasteiger partial charge in [0, 0.05) is 6.04 Å². The fourth-order valence-corrected chi connectivity index (χ4v) is 2.99. The van der Waals surface area contributed by atoms with Crippen LogP contribution in [-0.4, -0.2) is 13.1 Å². The van der Waals surface area contributed by atoms with E-state index in [0.29, 0.717) is 0 Å². The van der Waals surface area contributed by atoms with Crippen LogP contribution in [-0.2, 0) is 6.42 Å². The van der Waals surface area contributed by atoms with Crippen molar-refractivity contribution >= 4 is 11.3 Å². The van der Waals surface area contributed by atoms with Crippen LogP contribution in [0.4, 0.5) is 0 Å². The van der Waals surface area contributed by atoms with E-state index in [0.717, 1.165) is 12.0 Å². The highest BCUT2D eigenvalue weighted by Gasteiger charge is 2.20. The Kier molecular flexibility index (Phi) is 4.21. The second-order valence-corrected chi connectivity index (χ2v) is 5.47. The van der Waals surface area contributed by atoms with Crippen molar-refractivity contribution in [3.8, 4) is 0 Å². The Hall–Kier alpha value is -0.340. The maximum absolute atomic E-state index is 3.47. The standard InChI is InChI=1S/C13H21NS/c1-14-13(9-11-3-2-4-11)6-5-12-7-8-15-10-12/h7-8,10-11,13-14H,2-6,9H2,1H3. The molecule has 1 aliphatic carbocycles. The number of rotatable bonds is 6. The van der Waals surface area contributed by atoms with Crippen molar-refractivity contribution in [2.45, 2.75) is 44.6 Å². The third kappa shape index (κ3) is 3.32. The van der Waals surface area contributed by atoms with E-state index in [4.69, 9.17) is 0 Å². The van der Waals surface area contributed by atoms with Crippen molar-refractivity contribution in [3.05, 3.63) is 22.4 Å². The fourth-order valence-electron chi connectivity index (χ4n) is 2.29. The maximum atomic E-state index is 3.47. The Balaban J connectivity index is 1.70. The van der Waals surface area contributed by atoms with Crippen molar-refractivity contribution in [1.29, 1.82) is 0 Å². The molecule has 2 rings (SSSR count). The van der Waals surface area contributed by atoms with Crippen LogP contribution < -0.4 is 5.32 Å². The van der Waals surface area contributed by atoms with Gasteiger partial charge >= 0.3 is 0 Å². The van der Waals surface area contributed by atoms with E-state index in [1.165, 1.54) is 44.1 Å². The smallest absolute Gasteiger partial charge is 0.00698 e. The van der Waals surface area contributed by atoms with E-state index in [-0.39, 0.29) is 0 Å². The van der Waals surface area contributed by atoms with Crippen LogP contribution in [0.15, 0.2) is 16.8 Å². The van der Waals surface area contributed by atoms with Gasteiger partial charge in [-0.25, -0.2) is 0 Å². The fraction of sp³-hybridized carbons (Fsp3) is 0.692. The van der Waals surface area contributed by atoms with Gasteiger partial charge in [-0.1, -0.05) is 19.3 Å². The summed E-state index contributed by atoms with van der Waals surface area (Å²) in [5.41, 5.74) is 1.51. The van der Waals surface area contributed by atoms with Gasteiger partial charge in [0.15, 0.2) is 0 Å². The van der Waals surface area contributed by atoms with E-state index in [9.17, 15) is 0 Å². The average Bonchev–Trinajstić information content (AvgIpc) is 2.68. The molecule has 1 fully saturated rings. The molecule has 15 heavy (non-hydrogen) atoms. The normalized spacial score (nSPS) is 18.7. The van der Waals surface area contributed by atoms with Crippen molar-refractivity contribution in [3.63, 3.8) is 0 Å². The van der Waals surface area contributed by atoms with E-state index < -0.39 is 0 Å². The third-order valence-electron chi connectivity index (χ3n) is 3.61. The molecule has 0 aliphatic heterocycles. The van der Waals surface area contributed by atoms with Crippen LogP contribution in [0.3, 0.4) is 0 Å². The zero-order valence-electron chi connectivity index (χ0n) is 9.54.